The minimum atomic E-state index is -3.73. The minimum absolute atomic E-state index is 0.00149. The van der Waals surface area contributed by atoms with Crippen molar-refractivity contribution in [3.05, 3.63) is 52.3 Å². The number of hydrogen-bond donors (Lipinski definition) is 0. The van der Waals surface area contributed by atoms with E-state index in [9.17, 15) is 17.6 Å². The molecule has 6 nitrogen and oxygen atoms in total. The first-order valence-electron chi connectivity index (χ1n) is 9.81. The van der Waals surface area contributed by atoms with Crippen molar-refractivity contribution in [1.29, 1.82) is 0 Å². The number of hydrogen-bond acceptors (Lipinski definition) is 4. The molecule has 1 fully saturated rings. The Hall–Kier alpha value is -1.97. The summed E-state index contributed by atoms with van der Waals surface area (Å²) in [7, 11) is -3.73. The molecule has 30 heavy (non-hydrogen) atoms. The highest BCUT2D eigenvalue weighted by molar-refractivity contribution is 9.10. The molecule has 2 aliphatic heterocycles. The Morgan fingerprint density at radius 1 is 1.10 bits per heavy atom. The van der Waals surface area contributed by atoms with Crippen LogP contribution in [0.1, 0.15) is 19.4 Å². The number of sulfonamides is 1. The van der Waals surface area contributed by atoms with Crippen LogP contribution in [0, 0.1) is 5.82 Å². The average molecular weight is 496 g/mol. The van der Waals surface area contributed by atoms with Gasteiger partial charge in [-0.05, 0) is 71.2 Å². The van der Waals surface area contributed by atoms with Crippen LogP contribution in [0.25, 0.3) is 0 Å². The molecule has 1 amide bonds. The van der Waals surface area contributed by atoms with E-state index in [2.05, 4.69) is 15.9 Å². The second-order valence-corrected chi connectivity index (χ2v) is 10.5. The molecule has 1 saturated heterocycles. The maximum absolute atomic E-state index is 13.4. The van der Waals surface area contributed by atoms with Crippen LogP contribution < -0.4 is 9.80 Å². The van der Waals surface area contributed by atoms with Crippen molar-refractivity contribution in [3.8, 4) is 0 Å². The fourth-order valence-electron chi connectivity index (χ4n) is 4.27. The quantitative estimate of drug-likeness (QED) is 0.654. The lowest BCUT2D eigenvalue weighted by Crippen LogP contribution is -2.48. The molecule has 0 radical (unpaired) electrons. The highest BCUT2D eigenvalue weighted by Crippen LogP contribution is 2.39. The van der Waals surface area contributed by atoms with Crippen LogP contribution in [-0.2, 0) is 21.2 Å². The van der Waals surface area contributed by atoms with Gasteiger partial charge >= 0.3 is 0 Å². The monoisotopic (exact) mass is 495 g/mol. The standard InChI is InChI=1S/C21H23BrFN3O3S/c1-14-11-16-12-19(22)21(13-20(16)26(14)15(2)27)30(28,29)25-9-7-24(8-10-25)18-5-3-17(23)4-6-18/h3-6,12-14H,7-11H2,1-2H3/t14-/m1/s1. The van der Waals surface area contributed by atoms with E-state index < -0.39 is 10.0 Å². The SMILES string of the molecule is CC(=O)N1c2cc(S(=O)(=O)N3CCN(c4ccc(F)cc4)CC3)c(Br)cc2C[C@H]1C. The molecule has 0 N–H and O–H groups in total. The Bertz CT molecular complexity index is 1080. The maximum Gasteiger partial charge on any atom is 0.244 e. The van der Waals surface area contributed by atoms with Crippen molar-refractivity contribution >= 4 is 43.2 Å². The fraction of sp³-hybridized carbons (Fsp3) is 0.381. The zero-order valence-electron chi connectivity index (χ0n) is 16.8. The summed E-state index contributed by atoms with van der Waals surface area (Å²) in [6.07, 6.45) is 0.699. The lowest BCUT2D eigenvalue weighted by Gasteiger charge is -2.35. The third-order valence-electron chi connectivity index (χ3n) is 5.74. The van der Waals surface area contributed by atoms with E-state index in [-0.39, 0.29) is 22.7 Å². The third-order valence-corrected chi connectivity index (χ3v) is 8.59. The molecule has 0 unspecified atom stereocenters. The molecule has 1 atom stereocenters. The van der Waals surface area contributed by atoms with Crippen molar-refractivity contribution in [2.75, 3.05) is 36.0 Å². The van der Waals surface area contributed by atoms with Gasteiger partial charge in [0.2, 0.25) is 15.9 Å². The Morgan fingerprint density at radius 2 is 1.73 bits per heavy atom. The second-order valence-electron chi connectivity index (χ2n) is 7.72. The zero-order valence-corrected chi connectivity index (χ0v) is 19.2. The summed E-state index contributed by atoms with van der Waals surface area (Å²) in [4.78, 5) is 16.0. The van der Waals surface area contributed by atoms with E-state index >= 15 is 0 Å². The largest absolute Gasteiger partial charge is 0.369 e. The maximum atomic E-state index is 13.4. The van der Waals surface area contributed by atoms with Crippen molar-refractivity contribution in [2.45, 2.75) is 31.2 Å². The summed E-state index contributed by atoms with van der Waals surface area (Å²) in [5, 5.41) is 0. The number of carbonyl (C=O) groups is 1. The molecule has 2 aromatic rings. The topological polar surface area (TPSA) is 60.9 Å². The molecule has 0 bridgehead atoms. The molecule has 160 valence electrons. The Morgan fingerprint density at radius 3 is 2.33 bits per heavy atom. The molecular formula is C21H23BrFN3O3S. The van der Waals surface area contributed by atoms with Crippen molar-refractivity contribution < 1.29 is 17.6 Å². The average Bonchev–Trinajstić information content (AvgIpc) is 3.02. The minimum Gasteiger partial charge on any atom is -0.369 e. The number of fused-ring (bicyclic) bond motifs is 1. The van der Waals surface area contributed by atoms with Gasteiger partial charge in [-0.2, -0.15) is 4.31 Å². The number of carbonyl (C=O) groups excluding carboxylic acids is 1. The van der Waals surface area contributed by atoms with Crippen LogP contribution in [-0.4, -0.2) is 50.9 Å². The van der Waals surface area contributed by atoms with Gasteiger partial charge in [-0.3, -0.25) is 4.79 Å². The fourth-order valence-corrected chi connectivity index (χ4v) is 6.77. The first-order chi connectivity index (χ1) is 14.2. The van der Waals surface area contributed by atoms with Crippen LogP contribution in [0.2, 0.25) is 0 Å². The summed E-state index contributed by atoms with van der Waals surface area (Å²) < 4.78 is 41.9. The van der Waals surface area contributed by atoms with Gasteiger partial charge in [0.1, 0.15) is 5.82 Å². The molecule has 4 rings (SSSR count). The van der Waals surface area contributed by atoms with Crippen LogP contribution in [0.4, 0.5) is 15.8 Å². The van der Waals surface area contributed by atoms with Crippen LogP contribution in [0.15, 0.2) is 45.8 Å². The van der Waals surface area contributed by atoms with Crippen LogP contribution >= 0.6 is 15.9 Å². The van der Waals surface area contributed by atoms with E-state index in [1.807, 2.05) is 17.9 Å². The molecule has 0 aliphatic carbocycles. The van der Waals surface area contributed by atoms with Crippen molar-refractivity contribution in [3.63, 3.8) is 0 Å². The van der Waals surface area contributed by atoms with Gasteiger partial charge in [0, 0.05) is 55.0 Å². The molecule has 2 aromatic carbocycles. The molecule has 9 heteroatoms. The molecule has 0 spiro atoms. The smallest absolute Gasteiger partial charge is 0.244 e. The number of nitrogens with zero attached hydrogens (tertiary/aromatic N) is 3. The molecule has 2 aliphatic rings. The van der Waals surface area contributed by atoms with Crippen LogP contribution in [0.3, 0.4) is 0 Å². The van der Waals surface area contributed by atoms with Gasteiger partial charge in [0.25, 0.3) is 0 Å². The van der Waals surface area contributed by atoms with Crippen LogP contribution in [0.5, 0.6) is 0 Å². The van der Waals surface area contributed by atoms with E-state index in [4.69, 9.17) is 0 Å². The summed E-state index contributed by atoms with van der Waals surface area (Å²) in [6, 6.07) is 9.65. The Balaban J connectivity index is 1.58. The zero-order chi connectivity index (χ0) is 21.6. The lowest BCUT2D eigenvalue weighted by atomic mass is 10.1. The van der Waals surface area contributed by atoms with Gasteiger partial charge in [-0.25, -0.2) is 12.8 Å². The highest BCUT2D eigenvalue weighted by atomic mass is 79.9. The van der Waals surface area contributed by atoms with E-state index in [0.29, 0.717) is 42.8 Å². The highest BCUT2D eigenvalue weighted by Gasteiger charge is 2.35. The normalized spacial score (nSPS) is 19.8. The Kier molecular flexibility index (Phi) is 5.63. The summed E-state index contributed by atoms with van der Waals surface area (Å²) in [6.45, 7) is 5.15. The number of halogens is 2. The van der Waals surface area contributed by atoms with Gasteiger partial charge in [-0.15, -0.1) is 0 Å². The number of amides is 1. The van der Waals surface area contributed by atoms with Gasteiger partial charge in [0.05, 0.1) is 4.90 Å². The van der Waals surface area contributed by atoms with Gasteiger partial charge in [-0.1, -0.05) is 0 Å². The van der Waals surface area contributed by atoms with E-state index in [1.54, 1.807) is 23.1 Å². The van der Waals surface area contributed by atoms with Crippen molar-refractivity contribution in [1.82, 2.24) is 4.31 Å². The summed E-state index contributed by atoms with van der Waals surface area (Å²) in [5.41, 5.74) is 2.50. The first-order valence-corrected chi connectivity index (χ1v) is 12.0. The number of rotatable bonds is 3. The molecule has 2 heterocycles. The predicted molar refractivity (Wildman–Crippen MR) is 118 cm³/mol. The Labute approximate surface area is 184 Å². The predicted octanol–water partition coefficient (Wildman–Crippen LogP) is 3.40. The van der Waals surface area contributed by atoms with E-state index in [0.717, 1.165) is 11.3 Å². The van der Waals surface area contributed by atoms with Gasteiger partial charge < -0.3 is 9.80 Å². The van der Waals surface area contributed by atoms with E-state index in [1.165, 1.54) is 23.4 Å². The third kappa shape index (κ3) is 3.74. The lowest BCUT2D eigenvalue weighted by molar-refractivity contribution is -0.116. The molecule has 0 aromatic heterocycles. The van der Waals surface area contributed by atoms with Crippen molar-refractivity contribution in [2.24, 2.45) is 0 Å². The second kappa shape index (κ2) is 7.94. The number of piperazine rings is 1. The first kappa shape index (κ1) is 21.3. The number of anilines is 2. The van der Waals surface area contributed by atoms with Gasteiger partial charge in [0.15, 0.2) is 0 Å². The summed E-state index contributed by atoms with van der Waals surface area (Å²) in [5.74, 6) is -0.393. The molecule has 0 saturated carbocycles. The molecular weight excluding hydrogens is 473 g/mol. The summed E-state index contributed by atoms with van der Waals surface area (Å²) >= 11 is 3.43. The number of benzene rings is 2.